The molecule has 19 heavy (non-hydrogen) atoms. The molecule has 1 atom stereocenters. The van der Waals surface area contributed by atoms with Crippen molar-refractivity contribution < 1.29 is 4.79 Å². The van der Waals surface area contributed by atoms with E-state index >= 15 is 0 Å². The van der Waals surface area contributed by atoms with Gasteiger partial charge in [-0.1, -0.05) is 24.3 Å². The fraction of sp³-hybridized carbons (Fsp3) is 0.267. The van der Waals surface area contributed by atoms with Gasteiger partial charge >= 0.3 is 0 Å². The van der Waals surface area contributed by atoms with Crippen LogP contribution in [-0.2, 0) is 17.8 Å². The molecule has 0 bridgehead atoms. The normalized spacial score (nSPS) is 17.5. The minimum absolute atomic E-state index is 0.0667. The molecule has 1 aromatic carbocycles. The zero-order chi connectivity index (χ0) is 13.2. The lowest BCUT2D eigenvalue weighted by Crippen LogP contribution is -2.33. The van der Waals surface area contributed by atoms with Crippen LogP contribution in [0.1, 0.15) is 12.5 Å². The lowest BCUT2D eigenvalue weighted by Gasteiger charge is -2.10. The fourth-order valence-electron chi connectivity index (χ4n) is 2.30. The van der Waals surface area contributed by atoms with Crippen molar-refractivity contribution >= 4 is 12.0 Å². The minimum Gasteiger partial charge on any atom is -0.273 e. The molecular weight excluding hydrogens is 238 g/mol. The smallest absolute Gasteiger partial charge is 0.253 e. The molecule has 0 aliphatic carbocycles. The molecule has 0 spiro atoms. The van der Waals surface area contributed by atoms with Gasteiger partial charge in [0.1, 0.15) is 0 Å². The van der Waals surface area contributed by atoms with Gasteiger partial charge in [-0.25, -0.2) is 4.99 Å². The molecule has 0 saturated carbocycles. The zero-order valence-electron chi connectivity index (χ0n) is 10.8. The zero-order valence-corrected chi connectivity index (χ0v) is 10.8. The van der Waals surface area contributed by atoms with Gasteiger partial charge in [0.15, 0.2) is 0 Å². The average Bonchev–Trinajstić information content (AvgIpc) is 2.87. The third kappa shape index (κ3) is 2.34. The van der Waals surface area contributed by atoms with Crippen LogP contribution in [0.2, 0.25) is 0 Å². The molecule has 0 fully saturated rings. The Labute approximate surface area is 111 Å². The number of nitrogens with zero attached hydrogens (tertiary/aromatic N) is 3. The van der Waals surface area contributed by atoms with Crippen LogP contribution < -0.4 is 10.6 Å². The van der Waals surface area contributed by atoms with Gasteiger partial charge in [0, 0.05) is 12.7 Å². The lowest BCUT2D eigenvalue weighted by molar-refractivity contribution is -0.120. The SMILES string of the molecule is CCn1cc(CC2C=c3ccccc3=NC2=O)cn1. The number of fused-ring (bicyclic) bond motifs is 1. The molecule has 3 rings (SSSR count). The topological polar surface area (TPSA) is 47.2 Å². The summed E-state index contributed by atoms with van der Waals surface area (Å²) in [6.07, 6.45) is 6.48. The summed E-state index contributed by atoms with van der Waals surface area (Å²) >= 11 is 0. The molecule has 96 valence electrons. The number of hydrogen-bond donors (Lipinski definition) is 0. The van der Waals surface area contributed by atoms with E-state index in [0.29, 0.717) is 6.42 Å². The summed E-state index contributed by atoms with van der Waals surface area (Å²) in [5, 5.41) is 6.04. The number of carbonyl (C=O) groups is 1. The standard InChI is InChI=1S/C15H15N3O/c1-2-18-10-11(9-16-18)7-13-8-12-5-3-4-6-14(12)17-15(13)19/h3-6,8-10,13H,2,7H2,1H3. The predicted molar refractivity (Wildman–Crippen MR) is 71.8 cm³/mol. The maximum Gasteiger partial charge on any atom is 0.253 e. The number of aromatic nitrogens is 2. The van der Waals surface area contributed by atoms with E-state index in [1.807, 2.05) is 54.3 Å². The molecule has 4 nitrogen and oxygen atoms in total. The minimum atomic E-state index is -0.176. The highest BCUT2D eigenvalue weighted by molar-refractivity contribution is 5.86. The second kappa shape index (κ2) is 4.80. The summed E-state index contributed by atoms with van der Waals surface area (Å²) < 4.78 is 1.87. The predicted octanol–water partition coefficient (Wildman–Crippen LogP) is 0.702. The van der Waals surface area contributed by atoms with Crippen molar-refractivity contribution in [3.8, 4) is 0 Å². The number of aryl methyl sites for hydroxylation is 1. The first kappa shape index (κ1) is 11.8. The molecule has 2 aromatic rings. The van der Waals surface area contributed by atoms with Crippen molar-refractivity contribution in [2.45, 2.75) is 19.9 Å². The summed E-state index contributed by atoms with van der Waals surface area (Å²) in [4.78, 5) is 16.2. The fourth-order valence-corrected chi connectivity index (χ4v) is 2.30. The molecule has 1 aliphatic rings. The van der Waals surface area contributed by atoms with E-state index in [-0.39, 0.29) is 11.8 Å². The quantitative estimate of drug-likeness (QED) is 0.808. The maximum atomic E-state index is 12.0. The molecule has 0 N–H and O–H groups in total. The highest BCUT2D eigenvalue weighted by Gasteiger charge is 2.19. The maximum absolute atomic E-state index is 12.0. The Morgan fingerprint density at radius 1 is 1.32 bits per heavy atom. The first-order valence-electron chi connectivity index (χ1n) is 6.47. The molecule has 0 radical (unpaired) electrons. The van der Waals surface area contributed by atoms with Crippen LogP contribution in [0.4, 0.5) is 0 Å². The van der Waals surface area contributed by atoms with Crippen LogP contribution in [0, 0.1) is 5.92 Å². The number of benzene rings is 1. The first-order valence-corrected chi connectivity index (χ1v) is 6.47. The van der Waals surface area contributed by atoms with Crippen molar-refractivity contribution in [1.82, 2.24) is 9.78 Å². The molecule has 0 saturated heterocycles. The molecule has 4 heteroatoms. The highest BCUT2D eigenvalue weighted by Crippen LogP contribution is 2.12. The summed E-state index contributed by atoms with van der Waals surface area (Å²) in [6, 6.07) is 7.73. The first-order chi connectivity index (χ1) is 9.26. The Morgan fingerprint density at radius 3 is 2.95 bits per heavy atom. The third-order valence-electron chi connectivity index (χ3n) is 3.33. The molecule has 1 amide bonds. The van der Waals surface area contributed by atoms with Crippen molar-refractivity contribution in [3.63, 3.8) is 0 Å². The summed E-state index contributed by atoms with van der Waals surface area (Å²) in [5.41, 5.74) is 1.08. The van der Waals surface area contributed by atoms with Crippen LogP contribution in [0.25, 0.3) is 6.08 Å². The van der Waals surface area contributed by atoms with Crippen LogP contribution in [0.5, 0.6) is 0 Å². The average molecular weight is 253 g/mol. The molecular formula is C15H15N3O. The Balaban J connectivity index is 1.90. The lowest BCUT2D eigenvalue weighted by atomic mass is 9.97. The van der Waals surface area contributed by atoms with Crippen molar-refractivity contribution in [3.05, 3.63) is 52.8 Å². The number of para-hydroxylation sites is 1. The van der Waals surface area contributed by atoms with E-state index in [1.165, 1.54) is 0 Å². The molecule has 2 heterocycles. The van der Waals surface area contributed by atoms with E-state index in [9.17, 15) is 4.79 Å². The van der Waals surface area contributed by atoms with E-state index in [0.717, 1.165) is 22.7 Å². The van der Waals surface area contributed by atoms with Gasteiger partial charge in [-0.05, 0) is 30.2 Å². The van der Waals surface area contributed by atoms with E-state index < -0.39 is 0 Å². The van der Waals surface area contributed by atoms with Crippen LogP contribution in [0.15, 0.2) is 41.7 Å². The summed E-state index contributed by atoms with van der Waals surface area (Å²) in [7, 11) is 0. The van der Waals surface area contributed by atoms with Gasteiger partial charge in [0.2, 0.25) is 0 Å². The molecule has 1 aromatic heterocycles. The van der Waals surface area contributed by atoms with Crippen molar-refractivity contribution in [1.29, 1.82) is 0 Å². The highest BCUT2D eigenvalue weighted by atomic mass is 16.1. The Kier molecular flexibility index (Phi) is 2.99. The van der Waals surface area contributed by atoms with Gasteiger partial charge in [-0.3, -0.25) is 9.48 Å². The van der Waals surface area contributed by atoms with Gasteiger partial charge in [-0.2, -0.15) is 5.10 Å². The van der Waals surface area contributed by atoms with Crippen LogP contribution in [0.3, 0.4) is 0 Å². The third-order valence-corrected chi connectivity index (χ3v) is 3.33. The van der Waals surface area contributed by atoms with Crippen LogP contribution in [-0.4, -0.2) is 15.7 Å². The van der Waals surface area contributed by atoms with E-state index in [4.69, 9.17) is 0 Å². The van der Waals surface area contributed by atoms with E-state index in [1.54, 1.807) is 0 Å². The Morgan fingerprint density at radius 2 is 2.16 bits per heavy atom. The number of hydrogen-bond acceptors (Lipinski definition) is 2. The monoisotopic (exact) mass is 253 g/mol. The molecule has 1 unspecified atom stereocenters. The van der Waals surface area contributed by atoms with Gasteiger partial charge in [-0.15, -0.1) is 0 Å². The summed E-state index contributed by atoms with van der Waals surface area (Å²) in [5.74, 6) is -0.243. The Bertz CT molecular complexity index is 730. The summed E-state index contributed by atoms with van der Waals surface area (Å²) in [6.45, 7) is 2.88. The van der Waals surface area contributed by atoms with E-state index in [2.05, 4.69) is 10.1 Å². The number of amides is 1. The van der Waals surface area contributed by atoms with Gasteiger partial charge in [0.05, 0.1) is 17.5 Å². The van der Waals surface area contributed by atoms with Crippen molar-refractivity contribution in [2.75, 3.05) is 0 Å². The van der Waals surface area contributed by atoms with Gasteiger partial charge in [0.25, 0.3) is 5.91 Å². The second-order valence-electron chi connectivity index (χ2n) is 4.69. The Hall–Kier alpha value is -2.23. The number of carbonyl (C=O) groups excluding carboxylic acids is 1. The van der Waals surface area contributed by atoms with Crippen LogP contribution >= 0.6 is 0 Å². The van der Waals surface area contributed by atoms with Crippen molar-refractivity contribution in [2.24, 2.45) is 10.9 Å². The second-order valence-corrected chi connectivity index (χ2v) is 4.69. The van der Waals surface area contributed by atoms with Gasteiger partial charge < -0.3 is 0 Å². The molecule has 1 aliphatic heterocycles. The largest absolute Gasteiger partial charge is 0.273 e. The number of rotatable bonds is 3.